The third-order valence-corrected chi connectivity index (χ3v) is 3.74. The Morgan fingerprint density at radius 2 is 1.64 bits per heavy atom. The van der Waals surface area contributed by atoms with Gasteiger partial charge in [0.25, 0.3) is 0 Å². The minimum atomic E-state index is 0.164. The van der Waals surface area contributed by atoms with Gasteiger partial charge in [-0.05, 0) is 43.0 Å². The molecule has 1 aromatic heterocycles. The van der Waals surface area contributed by atoms with E-state index in [1.807, 2.05) is 6.07 Å². The predicted octanol–water partition coefficient (Wildman–Crippen LogP) is 4.36. The lowest BCUT2D eigenvalue weighted by molar-refractivity contribution is 0.590. The van der Waals surface area contributed by atoms with Gasteiger partial charge in [0.1, 0.15) is 5.82 Å². The number of nitrogens with zero attached hydrogens (tertiary/aromatic N) is 3. The molecule has 1 N–H and O–H groups in total. The van der Waals surface area contributed by atoms with Crippen LogP contribution in [0, 0.1) is 0 Å². The van der Waals surface area contributed by atoms with Gasteiger partial charge in [0, 0.05) is 25.0 Å². The molecular formula is C18H26N4. The summed E-state index contributed by atoms with van der Waals surface area (Å²) in [6, 6.07) is 10.4. The molecule has 0 aliphatic heterocycles. The van der Waals surface area contributed by atoms with Gasteiger partial charge in [-0.2, -0.15) is 4.98 Å². The quantitative estimate of drug-likeness (QED) is 0.890. The zero-order valence-corrected chi connectivity index (χ0v) is 14.2. The zero-order valence-electron chi connectivity index (χ0n) is 14.2. The molecule has 1 aromatic carbocycles. The number of nitrogens with one attached hydrogen (secondary N) is 1. The van der Waals surface area contributed by atoms with E-state index in [0.29, 0.717) is 5.95 Å². The third-order valence-electron chi connectivity index (χ3n) is 3.74. The molecule has 0 aliphatic carbocycles. The normalized spacial score (nSPS) is 11.3. The van der Waals surface area contributed by atoms with Crippen molar-refractivity contribution in [3.63, 3.8) is 0 Å². The molecule has 0 radical (unpaired) electrons. The minimum absolute atomic E-state index is 0.164. The topological polar surface area (TPSA) is 41.1 Å². The minimum Gasteiger partial charge on any atom is -0.357 e. The van der Waals surface area contributed by atoms with E-state index in [9.17, 15) is 0 Å². The van der Waals surface area contributed by atoms with E-state index in [-0.39, 0.29) is 5.41 Å². The van der Waals surface area contributed by atoms with Crippen LogP contribution in [0.3, 0.4) is 0 Å². The second kappa shape index (κ2) is 6.77. The smallest absolute Gasteiger partial charge is 0.229 e. The summed E-state index contributed by atoms with van der Waals surface area (Å²) in [5.41, 5.74) is 2.48. The maximum Gasteiger partial charge on any atom is 0.229 e. The van der Waals surface area contributed by atoms with Crippen molar-refractivity contribution in [2.45, 2.75) is 40.0 Å². The van der Waals surface area contributed by atoms with Crippen molar-refractivity contribution in [2.24, 2.45) is 0 Å². The number of rotatable bonds is 5. The largest absolute Gasteiger partial charge is 0.357 e. The molecule has 0 aliphatic rings. The number of hydrogen-bond acceptors (Lipinski definition) is 4. The summed E-state index contributed by atoms with van der Waals surface area (Å²) < 4.78 is 0. The van der Waals surface area contributed by atoms with Crippen molar-refractivity contribution >= 4 is 17.5 Å². The SMILES string of the molecule is CCN(CC)c1ccnc(Nc2ccc(C(C)(C)C)cc2)n1. The predicted molar refractivity (Wildman–Crippen MR) is 94.0 cm³/mol. The summed E-state index contributed by atoms with van der Waals surface area (Å²) in [5.74, 6) is 1.58. The average Bonchev–Trinajstić information content (AvgIpc) is 2.48. The first-order valence-electron chi connectivity index (χ1n) is 7.89. The molecular weight excluding hydrogens is 272 g/mol. The second-order valence-corrected chi connectivity index (χ2v) is 6.36. The highest BCUT2D eigenvalue weighted by Crippen LogP contribution is 2.24. The fourth-order valence-electron chi connectivity index (χ4n) is 2.32. The highest BCUT2D eigenvalue weighted by molar-refractivity contribution is 5.55. The summed E-state index contributed by atoms with van der Waals surface area (Å²) in [5, 5.41) is 3.28. The van der Waals surface area contributed by atoms with Gasteiger partial charge in [0.15, 0.2) is 0 Å². The maximum absolute atomic E-state index is 4.58. The van der Waals surface area contributed by atoms with Gasteiger partial charge < -0.3 is 10.2 Å². The molecule has 22 heavy (non-hydrogen) atoms. The molecule has 2 rings (SSSR count). The molecule has 0 fully saturated rings. The number of anilines is 3. The Hall–Kier alpha value is -2.10. The molecule has 0 atom stereocenters. The fraction of sp³-hybridized carbons (Fsp3) is 0.444. The van der Waals surface area contributed by atoms with Crippen LogP contribution in [0.25, 0.3) is 0 Å². The van der Waals surface area contributed by atoms with Crippen molar-refractivity contribution in [1.82, 2.24) is 9.97 Å². The van der Waals surface area contributed by atoms with Crippen LogP contribution >= 0.6 is 0 Å². The summed E-state index contributed by atoms with van der Waals surface area (Å²) in [4.78, 5) is 11.1. The van der Waals surface area contributed by atoms with Crippen molar-refractivity contribution in [1.29, 1.82) is 0 Å². The Bertz CT molecular complexity index is 595. The number of aromatic nitrogens is 2. The molecule has 0 bridgehead atoms. The van der Waals surface area contributed by atoms with Crippen LogP contribution in [0.15, 0.2) is 36.5 Å². The van der Waals surface area contributed by atoms with Crippen molar-refractivity contribution in [2.75, 3.05) is 23.3 Å². The summed E-state index contributed by atoms with van der Waals surface area (Å²) >= 11 is 0. The molecule has 0 spiro atoms. The molecule has 0 saturated carbocycles. The maximum atomic E-state index is 4.58. The summed E-state index contributed by atoms with van der Waals surface area (Å²) in [7, 11) is 0. The van der Waals surface area contributed by atoms with Crippen LogP contribution in [-0.2, 0) is 5.41 Å². The number of benzene rings is 1. The van der Waals surface area contributed by atoms with Crippen LogP contribution in [0.1, 0.15) is 40.2 Å². The summed E-state index contributed by atoms with van der Waals surface area (Å²) in [6.07, 6.45) is 1.80. The van der Waals surface area contributed by atoms with Crippen LogP contribution < -0.4 is 10.2 Å². The van der Waals surface area contributed by atoms with Crippen molar-refractivity contribution < 1.29 is 0 Å². The Balaban J connectivity index is 2.15. The molecule has 2 aromatic rings. The van der Waals surface area contributed by atoms with Crippen molar-refractivity contribution in [3.05, 3.63) is 42.1 Å². The van der Waals surface area contributed by atoms with Gasteiger partial charge in [-0.3, -0.25) is 0 Å². The van der Waals surface area contributed by atoms with E-state index in [1.165, 1.54) is 5.56 Å². The molecule has 4 nitrogen and oxygen atoms in total. The molecule has 4 heteroatoms. The van der Waals surface area contributed by atoms with E-state index in [0.717, 1.165) is 24.6 Å². The second-order valence-electron chi connectivity index (χ2n) is 6.36. The van der Waals surface area contributed by atoms with Gasteiger partial charge in [0.2, 0.25) is 5.95 Å². The van der Waals surface area contributed by atoms with E-state index in [2.05, 4.69) is 79.1 Å². The molecule has 0 unspecified atom stereocenters. The molecule has 0 amide bonds. The lowest BCUT2D eigenvalue weighted by Crippen LogP contribution is -2.23. The highest BCUT2D eigenvalue weighted by atomic mass is 15.2. The van der Waals surface area contributed by atoms with E-state index >= 15 is 0 Å². The van der Waals surface area contributed by atoms with Crippen LogP contribution in [0.4, 0.5) is 17.5 Å². The van der Waals surface area contributed by atoms with E-state index in [1.54, 1.807) is 6.20 Å². The highest BCUT2D eigenvalue weighted by Gasteiger charge is 2.13. The fourth-order valence-corrected chi connectivity index (χ4v) is 2.32. The Kier molecular flexibility index (Phi) is 5.01. The van der Waals surface area contributed by atoms with E-state index < -0.39 is 0 Å². The van der Waals surface area contributed by atoms with E-state index in [4.69, 9.17) is 0 Å². The standard InChI is InChI=1S/C18H26N4/c1-6-22(7-2)16-12-13-19-17(21-16)20-15-10-8-14(9-11-15)18(3,4)5/h8-13H,6-7H2,1-5H3,(H,19,20,21). The number of hydrogen-bond donors (Lipinski definition) is 1. The monoisotopic (exact) mass is 298 g/mol. The third kappa shape index (κ3) is 3.97. The van der Waals surface area contributed by atoms with Gasteiger partial charge in [-0.1, -0.05) is 32.9 Å². The lowest BCUT2D eigenvalue weighted by atomic mass is 9.87. The zero-order chi connectivity index (χ0) is 16.2. The lowest BCUT2D eigenvalue weighted by Gasteiger charge is -2.20. The average molecular weight is 298 g/mol. The first kappa shape index (κ1) is 16.3. The Morgan fingerprint density at radius 3 is 2.18 bits per heavy atom. The van der Waals surface area contributed by atoms with Crippen LogP contribution in [0.2, 0.25) is 0 Å². The van der Waals surface area contributed by atoms with Crippen LogP contribution in [0.5, 0.6) is 0 Å². The summed E-state index contributed by atoms with van der Waals surface area (Å²) in [6.45, 7) is 12.8. The van der Waals surface area contributed by atoms with Gasteiger partial charge in [-0.15, -0.1) is 0 Å². The molecule has 0 saturated heterocycles. The van der Waals surface area contributed by atoms with Crippen molar-refractivity contribution in [3.8, 4) is 0 Å². The van der Waals surface area contributed by atoms with Gasteiger partial charge >= 0.3 is 0 Å². The van der Waals surface area contributed by atoms with Gasteiger partial charge in [0.05, 0.1) is 0 Å². The Labute approximate surface area is 133 Å². The molecule has 118 valence electrons. The molecule has 1 heterocycles. The first-order valence-corrected chi connectivity index (χ1v) is 7.89. The van der Waals surface area contributed by atoms with Crippen LogP contribution in [-0.4, -0.2) is 23.1 Å². The Morgan fingerprint density at radius 1 is 1.00 bits per heavy atom. The van der Waals surface area contributed by atoms with Gasteiger partial charge in [-0.25, -0.2) is 4.98 Å². The first-order chi connectivity index (χ1) is 10.4.